The molecule has 2 aromatic rings. The highest BCUT2D eigenvalue weighted by Gasteiger charge is 2.09. The van der Waals surface area contributed by atoms with E-state index >= 15 is 0 Å². The minimum Gasteiger partial charge on any atom is -0.444 e. The maximum absolute atomic E-state index is 5.63. The first-order valence-electron chi connectivity index (χ1n) is 9.62. The molecule has 0 spiro atoms. The minimum absolute atomic E-state index is 0. The van der Waals surface area contributed by atoms with Gasteiger partial charge in [0.05, 0.1) is 18.8 Å². The van der Waals surface area contributed by atoms with Crippen LogP contribution in [-0.2, 0) is 19.6 Å². The van der Waals surface area contributed by atoms with Gasteiger partial charge in [0.15, 0.2) is 5.96 Å². The summed E-state index contributed by atoms with van der Waals surface area (Å²) in [5.74, 6) is 2.30. The van der Waals surface area contributed by atoms with Crippen LogP contribution in [0.25, 0.3) is 0 Å². The Kier molecular flexibility index (Phi) is 10.5. The molecule has 0 aliphatic heterocycles. The number of hydrogen-bond donors (Lipinski definition) is 2. The van der Waals surface area contributed by atoms with E-state index in [9.17, 15) is 0 Å². The number of oxazole rings is 1. The third kappa shape index (κ3) is 7.43. The molecule has 156 valence electrons. The Labute approximate surface area is 186 Å². The summed E-state index contributed by atoms with van der Waals surface area (Å²) in [5.41, 5.74) is 3.48. The van der Waals surface area contributed by atoms with Gasteiger partial charge in [0, 0.05) is 19.1 Å². The first kappa shape index (κ1) is 24.4. The van der Waals surface area contributed by atoms with E-state index in [1.54, 1.807) is 0 Å². The molecule has 28 heavy (non-hydrogen) atoms. The van der Waals surface area contributed by atoms with Crippen LogP contribution in [0.15, 0.2) is 33.7 Å². The van der Waals surface area contributed by atoms with E-state index in [1.807, 2.05) is 13.8 Å². The molecule has 6 nitrogen and oxygen atoms in total. The zero-order valence-electron chi connectivity index (χ0n) is 17.9. The maximum atomic E-state index is 5.63. The Balaban J connectivity index is 0.00000392. The Morgan fingerprint density at radius 1 is 1.18 bits per heavy atom. The molecule has 0 aliphatic carbocycles. The van der Waals surface area contributed by atoms with Gasteiger partial charge in [0.1, 0.15) is 5.76 Å². The number of nitrogens with zero attached hydrogens (tertiary/aromatic N) is 3. The predicted molar refractivity (Wildman–Crippen MR) is 126 cm³/mol. The fraction of sp³-hybridized carbons (Fsp3) is 0.524. The van der Waals surface area contributed by atoms with Crippen LogP contribution in [0.1, 0.15) is 49.2 Å². The number of aromatic nitrogens is 1. The average molecular weight is 499 g/mol. The molecule has 2 N–H and O–H groups in total. The van der Waals surface area contributed by atoms with Crippen LogP contribution in [0.2, 0.25) is 0 Å². The van der Waals surface area contributed by atoms with Crippen molar-refractivity contribution in [2.45, 2.75) is 60.3 Å². The maximum Gasteiger partial charge on any atom is 0.214 e. The number of benzene rings is 1. The lowest BCUT2D eigenvalue weighted by atomic mass is 10.1. The van der Waals surface area contributed by atoms with Gasteiger partial charge in [0.25, 0.3) is 0 Å². The standard InChI is InChI=1S/C21H33N5O.HI/c1-7-22-21(24-13-20-25-16(4)17(5)27-20)23-12-18-10-8-9-11-19(18)14-26(6)15(2)3;/h8-11,15H,7,12-14H2,1-6H3,(H2,22,23,24);1H. The smallest absolute Gasteiger partial charge is 0.214 e. The summed E-state index contributed by atoms with van der Waals surface area (Å²) in [6, 6.07) is 9.00. The zero-order chi connectivity index (χ0) is 19.8. The SMILES string of the molecule is CCNC(=NCc1ccccc1CN(C)C(C)C)NCc1nc(C)c(C)o1.I. The highest BCUT2D eigenvalue weighted by molar-refractivity contribution is 14.0. The third-order valence-electron chi connectivity index (χ3n) is 4.65. The lowest BCUT2D eigenvalue weighted by molar-refractivity contribution is 0.265. The summed E-state index contributed by atoms with van der Waals surface area (Å²) >= 11 is 0. The molecular formula is C21H34IN5O. The molecule has 0 unspecified atom stereocenters. The van der Waals surface area contributed by atoms with E-state index in [0.29, 0.717) is 25.0 Å². The number of halogens is 1. The zero-order valence-corrected chi connectivity index (χ0v) is 20.2. The topological polar surface area (TPSA) is 65.7 Å². The molecule has 1 aromatic carbocycles. The van der Waals surface area contributed by atoms with Crippen molar-refractivity contribution in [2.75, 3.05) is 13.6 Å². The van der Waals surface area contributed by atoms with Gasteiger partial charge in [-0.3, -0.25) is 4.90 Å². The van der Waals surface area contributed by atoms with Crippen molar-refractivity contribution in [1.29, 1.82) is 0 Å². The van der Waals surface area contributed by atoms with Gasteiger partial charge in [-0.05, 0) is 52.8 Å². The first-order chi connectivity index (χ1) is 12.9. The molecule has 0 aliphatic rings. The summed E-state index contributed by atoms with van der Waals surface area (Å²) in [6.45, 7) is 13.2. The fourth-order valence-electron chi connectivity index (χ4n) is 2.60. The second-order valence-corrected chi connectivity index (χ2v) is 7.08. The lowest BCUT2D eigenvalue weighted by Gasteiger charge is -2.22. The number of hydrogen-bond acceptors (Lipinski definition) is 4. The number of aryl methyl sites for hydroxylation is 2. The van der Waals surface area contributed by atoms with Gasteiger partial charge in [0.2, 0.25) is 5.89 Å². The molecule has 0 atom stereocenters. The van der Waals surface area contributed by atoms with Crippen LogP contribution in [0, 0.1) is 13.8 Å². The van der Waals surface area contributed by atoms with Crippen LogP contribution >= 0.6 is 24.0 Å². The second kappa shape index (κ2) is 12.1. The molecular weight excluding hydrogens is 465 g/mol. The van der Waals surface area contributed by atoms with Gasteiger partial charge in [-0.1, -0.05) is 24.3 Å². The first-order valence-corrected chi connectivity index (χ1v) is 9.62. The predicted octanol–water partition coefficient (Wildman–Crippen LogP) is 4.00. The lowest BCUT2D eigenvalue weighted by Crippen LogP contribution is -2.36. The van der Waals surface area contributed by atoms with Crippen molar-refractivity contribution in [3.63, 3.8) is 0 Å². The Morgan fingerprint density at radius 2 is 1.86 bits per heavy atom. The van der Waals surface area contributed by atoms with Gasteiger partial charge in [-0.2, -0.15) is 0 Å². The highest BCUT2D eigenvalue weighted by atomic mass is 127. The van der Waals surface area contributed by atoms with Gasteiger partial charge >= 0.3 is 0 Å². The summed E-state index contributed by atoms with van der Waals surface area (Å²) in [4.78, 5) is 11.5. The van der Waals surface area contributed by atoms with Crippen LogP contribution in [0.4, 0.5) is 0 Å². The Morgan fingerprint density at radius 3 is 2.43 bits per heavy atom. The van der Waals surface area contributed by atoms with Crippen molar-refractivity contribution >= 4 is 29.9 Å². The number of guanidine groups is 1. The van der Waals surface area contributed by atoms with E-state index in [0.717, 1.165) is 30.5 Å². The fourth-order valence-corrected chi connectivity index (χ4v) is 2.60. The number of rotatable bonds is 8. The summed E-state index contributed by atoms with van der Waals surface area (Å²) in [5, 5.41) is 6.58. The summed E-state index contributed by atoms with van der Waals surface area (Å²) < 4.78 is 5.63. The highest BCUT2D eigenvalue weighted by Crippen LogP contribution is 2.14. The van der Waals surface area contributed by atoms with Gasteiger partial charge < -0.3 is 15.1 Å². The summed E-state index contributed by atoms with van der Waals surface area (Å²) in [7, 11) is 2.15. The molecule has 0 saturated heterocycles. The van der Waals surface area contributed by atoms with Crippen molar-refractivity contribution in [2.24, 2.45) is 4.99 Å². The van der Waals surface area contributed by atoms with Crippen LogP contribution in [-0.4, -0.2) is 35.5 Å². The van der Waals surface area contributed by atoms with Crippen LogP contribution in [0.5, 0.6) is 0 Å². The second-order valence-electron chi connectivity index (χ2n) is 7.08. The van der Waals surface area contributed by atoms with Gasteiger partial charge in [-0.15, -0.1) is 24.0 Å². The molecule has 0 saturated carbocycles. The van der Waals surface area contributed by atoms with Crippen molar-refractivity contribution in [1.82, 2.24) is 20.5 Å². The Hall–Kier alpha value is -1.61. The molecule has 0 bridgehead atoms. The van der Waals surface area contributed by atoms with Crippen molar-refractivity contribution in [3.8, 4) is 0 Å². The number of nitrogens with one attached hydrogen (secondary N) is 2. The quantitative estimate of drug-likeness (QED) is 0.327. The molecule has 1 heterocycles. The Bertz CT molecular complexity index is 738. The summed E-state index contributed by atoms with van der Waals surface area (Å²) in [6.07, 6.45) is 0. The van der Waals surface area contributed by atoms with E-state index in [4.69, 9.17) is 9.41 Å². The average Bonchev–Trinajstić information content (AvgIpc) is 2.96. The van der Waals surface area contributed by atoms with Crippen LogP contribution < -0.4 is 10.6 Å². The van der Waals surface area contributed by atoms with E-state index in [1.165, 1.54) is 11.1 Å². The van der Waals surface area contributed by atoms with Gasteiger partial charge in [-0.25, -0.2) is 9.98 Å². The van der Waals surface area contributed by atoms with Crippen molar-refractivity contribution < 1.29 is 4.42 Å². The number of aliphatic imine (C=N–C) groups is 1. The van der Waals surface area contributed by atoms with E-state index in [-0.39, 0.29) is 24.0 Å². The molecule has 1 aromatic heterocycles. The van der Waals surface area contributed by atoms with E-state index in [2.05, 4.69) is 72.6 Å². The molecule has 0 amide bonds. The minimum atomic E-state index is 0. The third-order valence-corrected chi connectivity index (χ3v) is 4.65. The van der Waals surface area contributed by atoms with Crippen molar-refractivity contribution in [3.05, 3.63) is 52.7 Å². The molecule has 7 heteroatoms. The molecule has 2 rings (SSSR count). The van der Waals surface area contributed by atoms with Crippen LogP contribution in [0.3, 0.4) is 0 Å². The molecule has 0 radical (unpaired) electrons. The molecule has 0 fully saturated rings. The monoisotopic (exact) mass is 499 g/mol. The largest absolute Gasteiger partial charge is 0.444 e. The van der Waals surface area contributed by atoms with E-state index < -0.39 is 0 Å². The normalized spacial score (nSPS) is 11.6.